The van der Waals surface area contributed by atoms with Crippen molar-refractivity contribution in [2.45, 2.75) is 19.1 Å². The van der Waals surface area contributed by atoms with Gasteiger partial charge in [-0.05, 0) is 6.92 Å². The first kappa shape index (κ1) is 12.9. The molecule has 0 rings (SSSR count). The normalized spacial score (nSPS) is 14.1. The van der Waals surface area contributed by atoms with E-state index in [1.54, 1.807) is 13.0 Å². The smallest absolute Gasteiger partial charge is 0.326 e. The lowest BCUT2D eigenvalue weighted by atomic mass is 10.1. The van der Waals surface area contributed by atoms with Crippen molar-refractivity contribution in [2.24, 2.45) is 0 Å². The minimum absolute atomic E-state index is 0.287. The Kier molecular flexibility index (Phi) is 6.70. The fourth-order valence-corrected chi connectivity index (χ4v) is 0.922. The molecule has 0 aromatic carbocycles. The Morgan fingerprint density at radius 1 is 1.64 bits per heavy atom. The van der Waals surface area contributed by atoms with E-state index >= 15 is 0 Å². The van der Waals surface area contributed by atoms with E-state index in [0.29, 0.717) is 6.54 Å². The van der Waals surface area contributed by atoms with Crippen molar-refractivity contribution < 1.29 is 14.6 Å². The predicted molar refractivity (Wildman–Crippen MR) is 54.8 cm³/mol. The second kappa shape index (κ2) is 7.29. The van der Waals surface area contributed by atoms with E-state index in [1.807, 2.05) is 0 Å². The molecule has 0 spiro atoms. The van der Waals surface area contributed by atoms with E-state index in [4.69, 9.17) is 4.74 Å². The number of nitrogens with one attached hydrogen (secondary N) is 1. The maximum Gasteiger partial charge on any atom is 0.326 e. The summed E-state index contributed by atoms with van der Waals surface area (Å²) in [6.45, 7) is 9.33. The maximum absolute atomic E-state index is 11.3. The molecule has 2 unspecified atom stereocenters. The first-order valence-electron chi connectivity index (χ1n) is 4.48. The van der Waals surface area contributed by atoms with Gasteiger partial charge in [-0.2, -0.15) is 0 Å². The lowest BCUT2D eigenvalue weighted by molar-refractivity contribution is -0.147. The van der Waals surface area contributed by atoms with Gasteiger partial charge < -0.3 is 9.84 Å². The van der Waals surface area contributed by atoms with Crippen LogP contribution in [-0.2, 0) is 9.53 Å². The number of hydrogen-bond donors (Lipinski definition) is 2. The Morgan fingerprint density at radius 3 is 2.71 bits per heavy atom. The number of carbonyl (C=O) groups excluding carboxylic acids is 1. The Balaban J connectivity index is 4.28. The highest BCUT2D eigenvalue weighted by Crippen LogP contribution is 1.98. The summed E-state index contributed by atoms with van der Waals surface area (Å²) in [6.07, 6.45) is 1.94. The van der Waals surface area contributed by atoms with Crippen molar-refractivity contribution >= 4 is 5.97 Å². The van der Waals surface area contributed by atoms with Gasteiger partial charge in [0.15, 0.2) is 0 Å². The van der Waals surface area contributed by atoms with Crippen LogP contribution < -0.4 is 5.32 Å². The van der Waals surface area contributed by atoms with Crippen LogP contribution in [0.5, 0.6) is 0 Å². The van der Waals surface area contributed by atoms with E-state index < -0.39 is 18.1 Å². The summed E-state index contributed by atoms with van der Waals surface area (Å²) in [6, 6.07) is -0.773. The highest BCUT2D eigenvalue weighted by Gasteiger charge is 2.24. The van der Waals surface area contributed by atoms with Gasteiger partial charge in [-0.15, -0.1) is 13.2 Å². The molecule has 0 aliphatic rings. The molecule has 0 aromatic heterocycles. The van der Waals surface area contributed by atoms with Gasteiger partial charge in [0.2, 0.25) is 0 Å². The molecule has 0 aliphatic heterocycles. The van der Waals surface area contributed by atoms with Gasteiger partial charge in [0.25, 0.3) is 0 Å². The Bertz CT molecular complexity index is 204. The molecule has 0 radical (unpaired) electrons. The summed E-state index contributed by atoms with van der Waals surface area (Å²) >= 11 is 0. The van der Waals surface area contributed by atoms with Gasteiger partial charge in [0.05, 0.1) is 12.7 Å². The van der Waals surface area contributed by atoms with Gasteiger partial charge in [0.1, 0.15) is 6.04 Å². The van der Waals surface area contributed by atoms with Crippen LogP contribution in [-0.4, -0.2) is 36.4 Å². The summed E-state index contributed by atoms with van der Waals surface area (Å²) in [5.74, 6) is -0.484. The SMILES string of the molecule is C=CCNC(C(=O)OCC)C(O)C=C. The van der Waals surface area contributed by atoms with Crippen molar-refractivity contribution in [3.05, 3.63) is 25.3 Å². The zero-order valence-electron chi connectivity index (χ0n) is 8.40. The number of esters is 1. The first-order valence-corrected chi connectivity index (χ1v) is 4.48. The molecule has 0 saturated carbocycles. The molecule has 4 nitrogen and oxygen atoms in total. The molecule has 80 valence electrons. The molecular weight excluding hydrogens is 182 g/mol. The molecule has 0 aromatic rings. The molecule has 0 heterocycles. The second-order valence-electron chi connectivity index (χ2n) is 2.65. The fourth-order valence-electron chi connectivity index (χ4n) is 0.922. The Morgan fingerprint density at radius 2 is 2.29 bits per heavy atom. The molecule has 0 bridgehead atoms. The molecule has 2 atom stereocenters. The molecule has 2 N–H and O–H groups in total. The largest absolute Gasteiger partial charge is 0.465 e. The minimum atomic E-state index is -0.950. The summed E-state index contributed by atoms with van der Waals surface area (Å²) in [5, 5.41) is 12.2. The molecular formula is C10H17NO3. The van der Waals surface area contributed by atoms with Gasteiger partial charge in [-0.1, -0.05) is 12.2 Å². The van der Waals surface area contributed by atoms with Crippen LogP contribution in [0.4, 0.5) is 0 Å². The summed E-state index contributed by atoms with van der Waals surface area (Å²) in [4.78, 5) is 11.3. The highest BCUT2D eigenvalue weighted by atomic mass is 16.5. The van der Waals surface area contributed by atoms with E-state index in [0.717, 1.165) is 0 Å². The first-order chi connectivity index (χ1) is 6.67. The van der Waals surface area contributed by atoms with Crippen LogP contribution in [0.1, 0.15) is 6.92 Å². The van der Waals surface area contributed by atoms with Gasteiger partial charge in [-0.3, -0.25) is 10.1 Å². The predicted octanol–water partition coefficient (Wildman–Crippen LogP) is 0.241. The second-order valence-corrected chi connectivity index (χ2v) is 2.65. The van der Waals surface area contributed by atoms with Gasteiger partial charge in [0, 0.05) is 6.54 Å². The van der Waals surface area contributed by atoms with E-state index in [2.05, 4.69) is 18.5 Å². The average molecular weight is 199 g/mol. The summed E-state index contributed by atoms with van der Waals surface area (Å²) in [5.41, 5.74) is 0. The van der Waals surface area contributed by atoms with Crippen LogP contribution in [0, 0.1) is 0 Å². The Hall–Kier alpha value is -1.13. The number of hydrogen-bond acceptors (Lipinski definition) is 4. The average Bonchev–Trinajstić information content (AvgIpc) is 2.18. The molecule has 14 heavy (non-hydrogen) atoms. The number of rotatable bonds is 7. The van der Waals surface area contributed by atoms with Crippen LogP contribution >= 0.6 is 0 Å². The number of aliphatic hydroxyl groups is 1. The topological polar surface area (TPSA) is 58.6 Å². The van der Waals surface area contributed by atoms with Crippen molar-refractivity contribution in [1.29, 1.82) is 0 Å². The number of ether oxygens (including phenoxy) is 1. The minimum Gasteiger partial charge on any atom is -0.465 e. The summed E-state index contributed by atoms with van der Waals surface area (Å²) < 4.78 is 4.78. The zero-order valence-corrected chi connectivity index (χ0v) is 8.40. The summed E-state index contributed by atoms with van der Waals surface area (Å²) in [7, 11) is 0. The third kappa shape index (κ3) is 4.20. The van der Waals surface area contributed by atoms with Gasteiger partial charge >= 0.3 is 5.97 Å². The molecule has 0 saturated heterocycles. The third-order valence-electron chi connectivity index (χ3n) is 1.61. The molecule has 0 fully saturated rings. The molecule has 0 aliphatic carbocycles. The Labute approximate surface area is 84.3 Å². The fraction of sp³-hybridized carbons (Fsp3) is 0.500. The van der Waals surface area contributed by atoms with E-state index in [9.17, 15) is 9.90 Å². The van der Waals surface area contributed by atoms with Crippen molar-refractivity contribution in [3.63, 3.8) is 0 Å². The van der Waals surface area contributed by atoms with Gasteiger partial charge in [-0.25, -0.2) is 0 Å². The van der Waals surface area contributed by atoms with E-state index in [-0.39, 0.29) is 6.61 Å². The lowest BCUT2D eigenvalue weighted by Gasteiger charge is -2.19. The number of aliphatic hydroxyl groups excluding tert-OH is 1. The molecule has 4 heteroatoms. The lowest BCUT2D eigenvalue weighted by Crippen LogP contribution is -2.46. The number of carbonyl (C=O) groups is 1. The maximum atomic E-state index is 11.3. The van der Waals surface area contributed by atoms with E-state index in [1.165, 1.54) is 6.08 Å². The third-order valence-corrected chi connectivity index (χ3v) is 1.61. The monoisotopic (exact) mass is 199 g/mol. The zero-order chi connectivity index (χ0) is 11.0. The standard InChI is InChI=1S/C10H17NO3/c1-4-7-11-9(8(12)5-2)10(13)14-6-3/h4-5,8-9,11-12H,1-2,6-7H2,3H3. The van der Waals surface area contributed by atoms with Crippen molar-refractivity contribution in [3.8, 4) is 0 Å². The van der Waals surface area contributed by atoms with Crippen LogP contribution in [0.2, 0.25) is 0 Å². The quantitative estimate of drug-likeness (QED) is 0.455. The van der Waals surface area contributed by atoms with Crippen LogP contribution in [0.25, 0.3) is 0 Å². The van der Waals surface area contributed by atoms with Crippen LogP contribution in [0.3, 0.4) is 0 Å². The van der Waals surface area contributed by atoms with Crippen molar-refractivity contribution in [2.75, 3.05) is 13.2 Å². The van der Waals surface area contributed by atoms with Crippen LogP contribution in [0.15, 0.2) is 25.3 Å². The highest BCUT2D eigenvalue weighted by molar-refractivity contribution is 5.76. The molecule has 0 amide bonds. The van der Waals surface area contributed by atoms with Crippen molar-refractivity contribution in [1.82, 2.24) is 5.32 Å².